The molecule has 1 saturated heterocycles. The molecule has 0 spiro atoms. The van der Waals surface area contributed by atoms with Crippen LogP contribution in [-0.2, 0) is 0 Å². The zero-order valence-corrected chi connectivity index (χ0v) is 12.8. The number of piperidine rings is 1. The minimum absolute atomic E-state index is 0.627. The summed E-state index contributed by atoms with van der Waals surface area (Å²) in [6, 6.07) is 9.56. The third kappa shape index (κ3) is 3.80. The number of ether oxygens (including phenoxy) is 1. The SMILES string of the molecule is Clc1cc(-c2ccco2)ccc1OCCN1CCCCC1. The number of hydrogen-bond donors (Lipinski definition) is 0. The van der Waals surface area contributed by atoms with Crippen molar-refractivity contribution in [2.45, 2.75) is 19.3 Å². The Balaban J connectivity index is 1.56. The lowest BCUT2D eigenvalue weighted by Gasteiger charge is -2.26. The summed E-state index contributed by atoms with van der Waals surface area (Å²) in [5.74, 6) is 1.56. The largest absolute Gasteiger partial charge is 0.491 e. The summed E-state index contributed by atoms with van der Waals surface area (Å²) < 4.78 is 11.2. The van der Waals surface area contributed by atoms with Gasteiger partial charge in [0.25, 0.3) is 0 Å². The van der Waals surface area contributed by atoms with E-state index in [1.165, 1.54) is 32.4 Å². The van der Waals surface area contributed by atoms with Crippen molar-refractivity contribution in [2.24, 2.45) is 0 Å². The normalized spacial score (nSPS) is 16.0. The number of benzene rings is 1. The molecule has 1 aromatic heterocycles. The lowest BCUT2D eigenvalue weighted by atomic mass is 10.1. The molecule has 112 valence electrons. The molecule has 2 aromatic rings. The van der Waals surface area contributed by atoms with E-state index in [1.54, 1.807) is 6.26 Å². The molecule has 1 fully saturated rings. The van der Waals surface area contributed by atoms with Gasteiger partial charge in [0.2, 0.25) is 0 Å². The van der Waals surface area contributed by atoms with Crippen LogP contribution in [-0.4, -0.2) is 31.1 Å². The van der Waals surface area contributed by atoms with Crippen LogP contribution in [0.15, 0.2) is 41.0 Å². The number of nitrogens with zero attached hydrogens (tertiary/aromatic N) is 1. The highest BCUT2D eigenvalue weighted by Crippen LogP contribution is 2.30. The van der Waals surface area contributed by atoms with Crippen molar-refractivity contribution in [3.8, 4) is 17.1 Å². The van der Waals surface area contributed by atoms with Crippen molar-refractivity contribution in [3.63, 3.8) is 0 Å². The second kappa shape index (κ2) is 7.01. The van der Waals surface area contributed by atoms with Crippen LogP contribution in [0.25, 0.3) is 11.3 Å². The lowest BCUT2D eigenvalue weighted by Crippen LogP contribution is -2.33. The predicted molar refractivity (Wildman–Crippen MR) is 84.9 cm³/mol. The van der Waals surface area contributed by atoms with Crippen LogP contribution in [0, 0.1) is 0 Å². The number of likely N-dealkylation sites (tertiary alicyclic amines) is 1. The Labute approximate surface area is 130 Å². The summed E-state index contributed by atoms with van der Waals surface area (Å²) >= 11 is 6.29. The number of hydrogen-bond acceptors (Lipinski definition) is 3. The molecule has 0 amide bonds. The summed E-state index contributed by atoms with van der Waals surface area (Å²) in [5, 5.41) is 0.627. The summed E-state index contributed by atoms with van der Waals surface area (Å²) in [4.78, 5) is 2.45. The van der Waals surface area contributed by atoms with Gasteiger partial charge in [0.15, 0.2) is 0 Å². The number of halogens is 1. The first-order valence-electron chi connectivity index (χ1n) is 7.51. The van der Waals surface area contributed by atoms with Crippen LogP contribution < -0.4 is 4.74 Å². The van der Waals surface area contributed by atoms with E-state index >= 15 is 0 Å². The fourth-order valence-electron chi connectivity index (χ4n) is 2.68. The molecule has 0 aliphatic carbocycles. The molecule has 3 nitrogen and oxygen atoms in total. The van der Waals surface area contributed by atoms with Crippen LogP contribution in [0.4, 0.5) is 0 Å². The Hall–Kier alpha value is -1.45. The Morgan fingerprint density at radius 1 is 1.14 bits per heavy atom. The van der Waals surface area contributed by atoms with E-state index in [1.807, 2.05) is 30.3 Å². The van der Waals surface area contributed by atoms with Gasteiger partial charge in [-0.2, -0.15) is 0 Å². The monoisotopic (exact) mass is 305 g/mol. The summed E-state index contributed by atoms with van der Waals surface area (Å²) in [6.07, 6.45) is 5.63. The van der Waals surface area contributed by atoms with Crippen LogP contribution >= 0.6 is 11.6 Å². The van der Waals surface area contributed by atoms with Gasteiger partial charge in [-0.05, 0) is 56.3 Å². The second-order valence-corrected chi connectivity index (χ2v) is 5.78. The van der Waals surface area contributed by atoms with Crippen molar-refractivity contribution in [1.82, 2.24) is 4.90 Å². The molecule has 4 heteroatoms. The van der Waals surface area contributed by atoms with Crippen molar-refractivity contribution < 1.29 is 9.15 Å². The Morgan fingerprint density at radius 2 is 2.00 bits per heavy atom. The number of furan rings is 1. The Kier molecular flexibility index (Phi) is 4.84. The molecular formula is C17H20ClNO2. The van der Waals surface area contributed by atoms with Crippen molar-refractivity contribution in [3.05, 3.63) is 41.6 Å². The first kappa shape index (κ1) is 14.5. The molecule has 1 aliphatic heterocycles. The summed E-state index contributed by atoms with van der Waals surface area (Å²) in [6.45, 7) is 4.03. The molecule has 2 heterocycles. The quantitative estimate of drug-likeness (QED) is 0.815. The van der Waals surface area contributed by atoms with Gasteiger partial charge >= 0.3 is 0 Å². The van der Waals surface area contributed by atoms with E-state index in [0.29, 0.717) is 11.6 Å². The highest BCUT2D eigenvalue weighted by molar-refractivity contribution is 6.32. The third-order valence-corrected chi connectivity index (χ3v) is 4.15. The molecule has 1 aliphatic rings. The third-order valence-electron chi connectivity index (χ3n) is 3.85. The minimum atomic E-state index is 0.627. The maximum atomic E-state index is 6.29. The topological polar surface area (TPSA) is 25.6 Å². The smallest absolute Gasteiger partial charge is 0.137 e. The molecule has 1 aromatic carbocycles. The van der Waals surface area contributed by atoms with Gasteiger partial charge in [-0.25, -0.2) is 0 Å². The molecule has 21 heavy (non-hydrogen) atoms. The van der Waals surface area contributed by atoms with Gasteiger partial charge in [-0.15, -0.1) is 0 Å². The fourth-order valence-corrected chi connectivity index (χ4v) is 2.92. The minimum Gasteiger partial charge on any atom is -0.491 e. The molecule has 0 bridgehead atoms. The summed E-state index contributed by atoms with van der Waals surface area (Å²) in [5.41, 5.74) is 0.966. The molecule has 0 N–H and O–H groups in total. The molecule has 0 atom stereocenters. The first-order valence-corrected chi connectivity index (χ1v) is 7.89. The van der Waals surface area contributed by atoms with E-state index in [4.69, 9.17) is 20.8 Å². The van der Waals surface area contributed by atoms with Crippen molar-refractivity contribution >= 4 is 11.6 Å². The highest BCUT2D eigenvalue weighted by Gasteiger charge is 2.11. The van der Waals surface area contributed by atoms with Gasteiger partial charge < -0.3 is 9.15 Å². The second-order valence-electron chi connectivity index (χ2n) is 5.37. The predicted octanol–water partition coefficient (Wildman–Crippen LogP) is 4.46. The molecular weight excluding hydrogens is 286 g/mol. The van der Waals surface area contributed by atoms with E-state index in [9.17, 15) is 0 Å². The van der Waals surface area contributed by atoms with Crippen LogP contribution in [0.2, 0.25) is 5.02 Å². The lowest BCUT2D eigenvalue weighted by molar-refractivity contribution is 0.183. The first-order chi connectivity index (χ1) is 10.3. The van der Waals surface area contributed by atoms with E-state index in [-0.39, 0.29) is 0 Å². The summed E-state index contributed by atoms with van der Waals surface area (Å²) in [7, 11) is 0. The fraction of sp³-hybridized carbons (Fsp3) is 0.412. The average Bonchev–Trinajstić information content (AvgIpc) is 3.04. The van der Waals surface area contributed by atoms with Crippen molar-refractivity contribution in [1.29, 1.82) is 0 Å². The maximum absolute atomic E-state index is 6.29. The highest BCUT2D eigenvalue weighted by atomic mass is 35.5. The number of rotatable bonds is 5. The molecule has 0 saturated carbocycles. The average molecular weight is 306 g/mol. The van der Waals surface area contributed by atoms with Crippen LogP contribution in [0.5, 0.6) is 5.75 Å². The maximum Gasteiger partial charge on any atom is 0.137 e. The molecule has 0 radical (unpaired) electrons. The van der Waals surface area contributed by atoms with Gasteiger partial charge in [0, 0.05) is 12.1 Å². The van der Waals surface area contributed by atoms with E-state index < -0.39 is 0 Å². The van der Waals surface area contributed by atoms with E-state index in [2.05, 4.69) is 4.90 Å². The van der Waals surface area contributed by atoms with Crippen molar-refractivity contribution in [2.75, 3.05) is 26.2 Å². The van der Waals surface area contributed by atoms with E-state index in [0.717, 1.165) is 23.6 Å². The standard InChI is InChI=1S/C17H20ClNO2/c18-15-13-14(16-5-4-11-20-16)6-7-17(15)21-12-10-19-8-2-1-3-9-19/h4-7,11,13H,1-3,8-10,12H2. The van der Waals surface area contributed by atoms with Gasteiger partial charge in [0.1, 0.15) is 18.1 Å². The molecule has 3 rings (SSSR count). The zero-order valence-electron chi connectivity index (χ0n) is 12.1. The Bertz CT molecular complexity index is 562. The Morgan fingerprint density at radius 3 is 2.71 bits per heavy atom. The van der Waals surface area contributed by atoms with Gasteiger partial charge in [-0.1, -0.05) is 18.0 Å². The zero-order chi connectivity index (χ0) is 14.5. The van der Waals surface area contributed by atoms with Crippen LogP contribution in [0.1, 0.15) is 19.3 Å². The van der Waals surface area contributed by atoms with Gasteiger partial charge in [0.05, 0.1) is 11.3 Å². The van der Waals surface area contributed by atoms with Crippen LogP contribution in [0.3, 0.4) is 0 Å². The molecule has 0 unspecified atom stereocenters. The van der Waals surface area contributed by atoms with Gasteiger partial charge in [-0.3, -0.25) is 4.90 Å².